The van der Waals surface area contributed by atoms with Crippen LogP contribution in [-0.2, 0) is 33.3 Å². The molecule has 210 valence electrons. The Bertz CT molecular complexity index is 737. The summed E-state index contributed by atoms with van der Waals surface area (Å²) in [5.41, 5.74) is -0.951. The zero-order valence-corrected chi connectivity index (χ0v) is 23.2. The van der Waals surface area contributed by atoms with Gasteiger partial charge in [0, 0.05) is 13.2 Å². The van der Waals surface area contributed by atoms with E-state index in [1.165, 1.54) is 45.3 Å². The minimum Gasteiger partial charge on any atom is -0.436 e. The first kappa shape index (κ1) is 29.9. The van der Waals surface area contributed by atoms with Crippen molar-refractivity contribution < 1.29 is 33.3 Å². The molecule has 0 aromatic heterocycles. The molecule has 0 aromatic rings. The van der Waals surface area contributed by atoms with E-state index in [1.54, 1.807) is 19.9 Å². The van der Waals surface area contributed by atoms with E-state index < -0.39 is 11.6 Å². The summed E-state index contributed by atoms with van der Waals surface area (Å²) in [4.78, 5) is 23.9. The Morgan fingerprint density at radius 2 is 1.27 bits per heavy atom. The van der Waals surface area contributed by atoms with Crippen LogP contribution in [0.3, 0.4) is 0 Å². The van der Waals surface area contributed by atoms with Crippen molar-refractivity contribution in [1.82, 2.24) is 0 Å². The van der Waals surface area contributed by atoms with Gasteiger partial charge in [-0.15, -0.1) is 0 Å². The average Bonchev–Trinajstić information content (AvgIpc) is 2.92. The number of ether oxygens (including phenoxy) is 5. The van der Waals surface area contributed by atoms with Crippen LogP contribution in [0.15, 0.2) is 24.3 Å². The highest BCUT2D eigenvalue weighted by Crippen LogP contribution is 2.39. The highest BCUT2D eigenvalue weighted by atomic mass is 16.7. The highest BCUT2D eigenvalue weighted by Gasteiger charge is 2.32. The largest absolute Gasteiger partial charge is 0.436 e. The lowest BCUT2D eigenvalue weighted by atomic mass is 9.72. The molecule has 0 spiro atoms. The van der Waals surface area contributed by atoms with E-state index in [9.17, 15) is 9.59 Å². The van der Waals surface area contributed by atoms with Gasteiger partial charge in [0.1, 0.15) is 0 Å². The zero-order valence-electron chi connectivity index (χ0n) is 23.2. The van der Waals surface area contributed by atoms with E-state index >= 15 is 0 Å². The molecule has 0 bridgehead atoms. The first-order valence-corrected chi connectivity index (χ1v) is 14.3. The van der Waals surface area contributed by atoms with Gasteiger partial charge in [0.15, 0.2) is 19.2 Å². The number of carbonyl (C=O) groups is 2. The molecule has 0 unspecified atom stereocenters. The summed E-state index contributed by atoms with van der Waals surface area (Å²) in [5, 5.41) is 0. The van der Waals surface area contributed by atoms with E-state index in [2.05, 4.69) is 6.08 Å². The summed E-state index contributed by atoms with van der Waals surface area (Å²) >= 11 is 0. The lowest BCUT2D eigenvalue weighted by molar-refractivity contribution is -0.182. The van der Waals surface area contributed by atoms with Crippen molar-refractivity contribution in [3.05, 3.63) is 24.3 Å². The maximum Gasteiger partial charge on any atom is 0.339 e. The second-order valence-corrected chi connectivity index (χ2v) is 11.4. The predicted octanol–water partition coefficient (Wildman–Crippen LogP) is 6.26. The van der Waals surface area contributed by atoms with Crippen molar-refractivity contribution in [2.24, 2.45) is 17.8 Å². The number of carbonyl (C=O) groups excluding carboxylic acids is 2. The Kier molecular flexibility index (Phi) is 12.6. The Morgan fingerprint density at radius 3 is 1.81 bits per heavy atom. The van der Waals surface area contributed by atoms with Crippen LogP contribution in [0.2, 0.25) is 0 Å². The topological polar surface area (TPSA) is 80.3 Å². The van der Waals surface area contributed by atoms with Crippen molar-refractivity contribution in [2.75, 3.05) is 20.7 Å². The van der Waals surface area contributed by atoms with Crippen LogP contribution in [0.4, 0.5) is 0 Å². The zero-order chi connectivity index (χ0) is 26.5. The summed E-state index contributed by atoms with van der Waals surface area (Å²) in [5.74, 6) is 1.35. The lowest BCUT2D eigenvalue weighted by Gasteiger charge is -2.37. The Labute approximate surface area is 223 Å². The molecule has 3 rings (SSSR count). The fourth-order valence-corrected chi connectivity index (χ4v) is 5.81. The van der Waals surface area contributed by atoms with Crippen molar-refractivity contribution in [1.29, 1.82) is 0 Å². The van der Waals surface area contributed by atoms with Crippen molar-refractivity contribution >= 4 is 11.9 Å². The van der Waals surface area contributed by atoms with Gasteiger partial charge >= 0.3 is 11.9 Å². The van der Waals surface area contributed by atoms with Gasteiger partial charge in [0.25, 0.3) is 0 Å². The Morgan fingerprint density at radius 1 is 0.730 bits per heavy atom. The molecule has 3 aliphatic carbocycles. The molecule has 3 saturated carbocycles. The van der Waals surface area contributed by atoms with E-state index in [4.69, 9.17) is 23.7 Å². The second-order valence-electron chi connectivity index (χ2n) is 11.4. The van der Waals surface area contributed by atoms with E-state index in [-0.39, 0.29) is 31.8 Å². The van der Waals surface area contributed by atoms with E-state index in [0.717, 1.165) is 63.2 Å². The Balaban J connectivity index is 1.22. The molecule has 0 saturated heterocycles. The highest BCUT2D eigenvalue weighted by molar-refractivity contribution is 5.82. The molecule has 0 radical (unpaired) electrons. The van der Waals surface area contributed by atoms with E-state index in [0.29, 0.717) is 5.92 Å². The predicted molar refractivity (Wildman–Crippen MR) is 142 cm³/mol. The van der Waals surface area contributed by atoms with E-state index in [1.807, 2.05) is 6.08 Å². The minimum atomic E-state index is -0.951. The lowest BCUT2D eigenvalue weighted by Crippen LogP contribution is -2.36. The molecule has 0 amide bonds. The Hall–Kier alpha value is -1.70. The van der Waals surface area contributed by atoms with Crippen LogP contribution in [0, 0.1) is 17.8 Å². The average molecular weight is 521 g/mol. The van der Waals surface area contributed by atoms with Gasteiger partial charge in [-0.2, -0.15) is 0 Å². The van der Waals surface area contributed by atoms with Gasteiger partial charge in [0.2, 0.25) is 0 Å². The quantitative estimate of drug-likeness (QED) is 0.130. The summed E-state index contributed by atoms with van der Waals surface area (Å²) in [6.45, 7) is 3.38. The summed E-state index contributed by atoms with van der Waals surface area (Å²) in [7, 11) is 1.49. The SMILES string of the molecule is COC(C)(C)C(=O)OCOC1CCC(C2CCC(OCOC(=O)C=CC=CC3CCCCC3)CC2)CC1. The molecule has 0 aromatic carbocycles. The molecule has 3 aliphatic rings. The number of allylic oxidation sites excluding steroid dienone is 3. The minimum absolute atomic E-state index is 0.0130. The summed E-state index contributed by atoms with van der Waals surface area (Å²) < 4.78 is 27.2. The molecule has 7 heteroatoms. The standard InChI is InChI=1S/C30H48O7/c1-30(2,33-3)29(32)37-22-35-27-19-15-25(16-20-27)24-13-17-26(18-14-24)34-21-36-28(31)12-8-7-11-23-9-5-4-6-10-23/h7-8,11-12,23-27H,4-6,9-10,13-22H2,1-3H3. The maximum absolute atomic E-state index is 12.0. The molecule has 7 nitrogen and oxygen atoms in total. The van der Waals surface area contributed by atoms with Gasteiger partial charge < -0.3 is 23.7 Å². The third-order valence-corrected chi connectivity index (χ3v) is 8.48. The number of hydrogen-bond acceptors (Lipinski definition) is 7. The summed E-state index contributed by atoms with van der Waals surface area (Å²) in [6, 6.07) is 0. The summed E-state index contributed by atoms with van der Waals surface area (Å²) in [6.07, 6.45) is 22.9. The van der Waals surface area contributed by atoms with Crippen LogP contribution >= 0.6 is 0 Å². The number of methoxy groups -OCH3 is 1. The molecule has 0 atom stereocenters. The maximum atomic E-state index is 12.0. The van der Waals surface area contributed by atoms with Gasteiger partial charge in [-0.05, 0) is 95.8 Å². The molecule has 0 heterocycles. The third-order valence-electron chi connectivity index (χ3n) is 8.48. The molecule has 37 heavy (non-hydrogen) atoms. The molecule has 0 aliphatic heterocycles. The van der Waals surface area contributed by atoms with Crippen LogP contribution in [0.25, 0.3) is 0 Å². The number of rotatable bonds is 12. The van der Waals surface area contributed by atoms with Crippen molar-refractivity contribution in [3.8, 4) is 0 Å². The molecular formula is C30H48O7. The van der Waals surface area contributed by atoms with Gasteiger partial charge in [-0.3, -0.25) is 0 Å². The number of esters is 2. The van der Waals surface area contributed by atoms with Crippen LogP contribution in [-0.4, -0.2) is 50.4 Å². The molecule has 3 fully saturated rings. The van der Waals surface area contributed by atoms with Crippen molar-refractivity contribution in [2.45, 2.75) is 115 Å². The van der Waals surface area contributed by atoms with Crippen LogP contribution in [0.1, 0.15) is 97.3 Å². The van der Waals surface area contributed by atoms with Crippen LogP contribution < -0.4 is 0 Å². The van der Waals surface area contributed by atoms with Gasteiger partial charge in [-0.1, -0.05) is 37.5 Å². The fraction of sp³-hybridized carbons (Fsp3) is 0.800. The fourth-order valence-electron chi connectivity index (χ4n) is 5.81. The molecular weight excluding hydrogens is 472 g/mol. The number of hydrogen-bond donors (Lipinski definition) is 0. The molecule has 0 N–H and O–H groups in total. The third kappa shape index (κ3) is 10.5. The monoisotopic (exact) mass is 520 g/mol. The first-order chi connectivity index (χ1) is 17.9. The smallest absolute Gasteiger partial charge is 0.339 e. The van der Waals surface area contributed by atoms with Crippen molar-refractivity contribution in [3.63, 3.8) is 0 Å². The van der Waals surface area contributed by atoms with Gasteiger partial charge in [-0.25, -0.2) is 9.59 Å². The first-order valence-electron chi connectivity index (χ1n) is 14.3. The second kappa shape index (κ2) is 15.6. The normalized spacial score (nSPS) is 28.0. The van der Waals surface area contributed by atoms with Crippen LogP contribution in [0.5, 0.6) is 0 Å². The van der Waals surface area contributed by atoms with Gasteiger partial charge in [0.05, 0.1) is 12.2 Å².